The van der Waals surface area contributed by atoms with Crippen LogP contribution in [-0.4, -0.2) is 21.3 Å². The summed E-state index contributed by atoms with van der Waals surface area (Å²) < 4.78 is 7.17. The van der Waals surface area contributed by atoms with Crippen molar-refractivity contribution in [3.05, 3.63) is 46.3 Å². The van der Waals surface area contributed by atoms with Gasteiger partial charge in [-0.25, -0.2) is 0 Å². The van der Waals surface area contributed by atoms with Crippen LogP contribution in [0.5, 0.6) is 5.75 Å². The molecule has 7 nitrogen and oxygen atoms in total. The quantitative estimate of drug-likeness (QED) is 0.626. The van der Waals surface area contributed by atoms with Gasteiger partial charge < -0.3 is 10.1 Å². The zero-order valence-corrected chi connectivity index (χ0v) is 12.1. The summed E-state index contributed by atoms with van der Waals surface area (Å²) in [4.78, 5) is 10.5. The van der Waals surface area contributed by atoms with Gasteiger partial charge in [-0.05, 0) is 18.6 Å². The lowest BCUT2D eigenvalue weighted by Crippen LogP contribution is -2.03. The smallest absolute Gasteiger partial charge is 0.311 e. The van der Waals surface area contributed by atoms with Gasteiger partial charge in [0.05, 0.1) is 23.8 Å². The van der Waals surface area contributed by atoms with E-state index in [1.54, 1.807) is 16.8 Å². The van der Waals surface area contributed by atoms with Crippen LogP contribution in [0.2, 0.25) is 0 Å². The maximum absolute atomic E-state index is 11.0. The van der Waals surface area contributed by atoms with E-state index in [0.29, 0.717) is 13.2 Å². The van der Waals surface area contributed by atoms with Crippen LogP contribution in [0.3, 0.4) is 0 Å². The number of benzene rings is 1. The Morgan fingerprint density at radius 3 is 2.86 bits per heavy atom. The van der Waals surface area contributed by atoms with E-state index in [4.69, 9.17) is 4.74 Å². The zero-order valence-electron chi connectivity index (χ0n) is 12.1. The number of hydrogen-bond acceptors (Lipinski definition) is 5. The second-order valence-corrected chi connectivity index (χ2v) is 4.62. The second kappa shape index (κ2) is 6.74. The van der Waals surface area contributed by atoms with Crippen molar-refractivity contribution in [1.29, 1.82) is 0 Å². The van der Waals surface area contributed by atoms with Gasteiger partial charge in [-0.3, -0.25) is 14.8 Å². The van der Waals surface area contributed by atoms with Crippen molar-refractivity contribution in [3.63, 3.8) is 0 Å². The zero-order chi connectivity index (χ0) is 15.2. The predicted molar refractivity (Wildman–Crippen MR) is 79.4 cm³/mol. The van der Waals surface area contributed by atoms with E-state index in [1.807, 2.05) is 26.2 Å². The van der Waals surface area contributed by atoms with E-state index in [1.165, 1.54) is 6.07 Å². The summed E-state index contributed by atoms with van der Waals surface area (Å²) in [6, 6.07) is 6.68. The molecule has 0 aliphatic heterocycles. The van der Waals surface area contributed by atoms with Crippen molar-refractivity contribution in [2.75, 3.05) is 11.9 Å². The number of nitro groups is 1. The number of hydrogen-bond donors (Lipinski definition) is 1. The molecule has 112 valence electrons. The van der Waals surface area contributed by atoms with Gasteiger partial charge in [0.15, 0.2) is 5.75 Å². The van der Waals surface area contributed by atoms with Crippen molar-refractivity contribution in [3.8, 4) is 5.75 Å². The summed E-state index contributed by atoms with van der Waals surface area (Å²) in [5.74, 6) is 0.285. The van der Waals surface area contributed by atoms with Gasteiger partial charge in [-0.15, -0.1) is 0 Å². The summed E-state index contributed by atoms with van der Waals surface area (Å²) in [7, 11) is 1.85. The van der Waals surface area contributed by atoms with E-state index >= 15 is 0 Å². The monoisotopic (exact) mass is 290 g/mol. The highest BCUT2D eigenvalue weighted by molar-refractivity contribution is 5.58. The van der Waals surface area contributed by atoms with Crippen LogP contribution in [0.4, 0.5) is 11.4 Å². The molecule has 0 spiro atoms. The lowest BCUT2D eigenvalue weighted by molar-refractivity contribution is -0.385. The SMILES string of the molecule is CCCOc1cc(NCc2ccn(C)n2)ccc1[N+](=O)[O-]. The Morgan fingerprint density at radius 1 is 1.43 bits per heavy atom. The fourth-order valence-electron chi connectivity index (χ4n) is 1.85. The Hall–Kier alpha value is -2.57. The van der Waals surface area contributed by atoms with Crippen LogP contribution in [0, 0.1) is 10.1 Å². The lowest BCUT2D eigenvalue weighted by atomic mass is 10.2. The van der Waals surface area contributed by atoms with Crippen LogP contribution in [0.1, 0.15) is 19.0 Å². The summed E-state index contributed by atoms with van der Waals surface area (Å²) in [6.07, 6.45) is 2.66. The molecule has 0 unspecified atom stereocenters. The van der Waals surface area contributed by atoms with Gasteiger partial charge in [-0.2, -0.15) is 5.10 Å². The summed E-state index contributed by atoms with van der Waals surface area (Å²) in [5.41, 5.74) is 1.64. The van der Waals surface area contributed by atoms with Crippen LogP contribution < -0.4 is 10.1 Å². The molecular formula is C14H18N4O3. The first-order valence-corrected chi connectivity index (χ1v) is 6.73. The van der Waals surface area contributed by atoms with E-state index in [9.17, 15) is 10.1 Å². The number of nitrogens with zero attached hydrogens (tertiary/aromatic N) is 3. The molecular weight excluding hydrogens is 272 g/mol. The third kappa shape index (κ3) is 3.95. The fraction of sp³-hybridized carbons (Fsp3) is 0.357. The molecule has 0 radical (unpaired) electrons. The maximum atomic E-state index is 11.0. The third-order valence-electron chi connectivity index (χ3n) is 2.86. The van der Waals surface area contributed by atoms with Crippen LogP contribution >= 0.6 is 0 Å². The number of nitro benzene ring substituents is 1. The van der Waals surface area contributed by atoms with Gasteiger partial charge in [0.25, 0.3) is 0 Å². The molecule has 2 rings (SSSR count). The van der Waals surface area contributed by atoms with E-state index in [2.05, 4.69) is 10.4 Å². The molecule has 0 saturated heterocycles. The third-order valence-corrected chi connectivity index (χ3v) is 2.86. The fourth-order valence-corrected chi connectivity index (χ4v) is 1.85. The standard InChI is InChI=1S/C14H18N4O3/c1-3-8-21-14-9-11(4-5-13(14)18(19)20)15-10-12-6-7-17(2)16-12/h4-7,9,15H,3,8,10H2,1-2H3. The van der Waals surface area contributed by atoms with Crippen LogP contribution in [0.15, 0.2) is 30.5 Å². The molecule has 1 aromatic carbocycles. The number of anilines is 1. The Balaban J connectivity index is 2.10. The van der Waals surface area contributed by atoms with Crippen molar-refractivity contribution in [1.82, 2.24) is 9.78 Å². The number of aryl methyl sites for hydroxylation is 1. The van der Waals surface area contributed by atoms with Gasteiger partial charge >= 0.3 is 5.69 Å². The average molecular weight is 290 g/mol. The summed E-state index contributed by atoms with van der Waals surface area (Å²) in [5, 5.41) is 18.4. The summed E-state index contributed by atoms with van der Waals surface area (Å²) >= 11 is 0. The molecule has 7 heteroatoms. The largest absolute Gasteiger partial charge is 0.487 e. The van der Waals surface area contributed by atoms with Crippen LogP contribution in [-0.2, 0) is 13.6 Å². The minimum Gasteiger partial charge on any atom is -0.487 e. The Bertz CT molecular complexity index is 624. The number of ether oxygens (including phenoxy) is 1. The molecule has 1 N–H and O–H groups in total. The Kier molecular flexibility index (Phi) is 4.76. The molecule has 1 aromatic heterocycles. The van der Waals surface area contributed by atoms with Crippen molar-refractivity contribution < 1.29 is 9.66 Å². The number of rotatable bonds is 7. The minimum absolute atomic E-state index is 0.0214. The molecule has 0 fully saturated rings. The van der Waals surface area contributed by atoms with Crippen molar-refractivity contribution >= 4 is 11.4 Å². The van der Waals surface area contributed by atoms with Crippen molar-refractivity contribution in [2.45, 2.75) is 19.9 Å². The molecule has 0 saturated carbocycles. The minimum atomic E-state index is -0.437. The van der Waals surface area contributed by atoms with Gasteiger partial charge in [0.1, 0.15) is 0 Å². The highest BCUT2D eigenvalue weighted by atomic mass is 16.6. The number of aromatic nitrogens is 2. The Labute approximate surface area is 122 Å². The Morgan fingerprint density at radius 2 is 2.24 bits per heavy atom. The molecule has 1 heterocycles. The van der Waals surface area contributed by atoms with E-state index < -0.39 is 4.92 Å². The average Bonchev–Trinajstić information content (AvgIpc) is 2.88. The first kappa shape index (κ1) is 14.8. The van der Waals surface area contributed by atoms with Crippen molar-refractivity contribution in [2.24, 2.45) is 7.05 Å². The molecule has 0 aliphatic rings. The molecule has 0 bridgehead atoms. The topological polar surface area (TPSA) is 82.2 Å². The van der Waals surface area contributed by atoms with Crippen LogP contribution in [0.25, 0.3) is 0 Å². The van der Waals surface area contributed by atoms with E-state index in [0.717, 1.165) is 17.8 Å². The van der Waals surface area contributed by atoms with E-state index in [-0.39, 0.29) is 11.4 Å². The number of nitrogens with one attached hydrogen (secondary N) is 1. The first-order valence-electron chi connectivity index (χ1n) is 6.73. The van der Waals surface area contributed by atoms with Gasteiger partial charge in [0, 0.05) is 31.1 Å². The van der Waals surface area contributed by atoms with Gasteiger partial charge in [0.2, 0.25) is 0 Å². The highest BCUT2D eigenvalue weighted by Crippen LogP contribution is 2.30. The molecule has 0 amide bonds. The molecule has 2 aromatic rings. The lowest BCUT2D eigenvalue weighted by Gasteiger charge is -2.09. The second-order valence-electron chi connectivity index (χ2n) is 4.62. The highest BCUT2D eigenvalue weighted by Gasteiger charge is 2.15. The maximum Gasteiger partial charge on any atom is 0.311 e. The van der Waals surface area contributed by atoms with Gasteiger partial charge in [-0.1, -0.05) is 6.92 Å². The summed E-state index contributed by atoms with van der Waals surface area (Å²) in [6.45, 7) is 2.95. The first-order chi connectivity index (χ1) is 10.1. The molecule has 0 atom stereocenters. The normalized spacial score (nSPS) is 10.4. The molecule has 0 aliphatic carbocycles. The molecule has 21 heavy (non-hydrogen) atoms. The predicted octanol–water partition coefficient (Wildman–Crippen LogP) is 2.73.